The monoisotopic (exact) mass is 460 g/mol. The maximum Gasteiger partial charge on any atom is 0.191 e. The Labute approximate surface area is 169 Å². The first-order chi connectivity index (χ1) is 11.8. The zero-order valence-electron chi connectivity index (χ0n) is 15.5. The van der Waals surface area contributed by atoms with Gasteiger partial charge in [0.1, 0.15) is 0 Å². The summed E-state index contributed by atoms with van der Waals surface area (Å²) in [5.41, 5.74) is 1.40. The Hall–Kier alpha value is -0.860. The largest absolute Gasteiger partial charge is 0.385 e. The second kappa shape index (κ2) is 13.4. The summed E-state index contributed by atoms with van der Waals surface area (Å²) < 4.78 is 5.08. The van der Waals surface area contributed by atoms with Crippen molar-refractivity contribution in [2.45, 2.75) is 38.8 Å². The van der Waals surface area contributed by atoms with Crippen molar-refractivity contribution in [1.29, 1.82) is 0 Å². The molecule has 1 aromatic rings. The van der Waals surface area contributed by atoms with Crippen LogP contribution < -0.4 is 10.6 Å². The molecule has 0 saturated carbocycles. The average molecular weight is 460 g/mol. The highest BCUT2D eigenvalue weighted by atomic mass is 127. The standard InChI is InChI=1S/C19H32N4O.HI/c1-3-20-19(21-12-7-15-24-2)22-18-10-13-23(14-11-18)16-17-8-5-4-6-9-17;/h4-6,8-9,18H,3,7,10-16H2,1-2H3,(H2,20,21,22);1H. The van der Waals surface area contributed by atoms with E-state index >= 15 is 0 Å². The lowest BCUT2D eigenvalue weighted by atomic mass is 10.0. The molecule has 6 heteroatoms. The number of ether oxygens (including phenoxy) is 1. The summed E-state index contributed by atoms with van der Waals surface area (Å²) in [6.07, 6.45) is 3.28. The molecule has 1 saturated heterocycles. The number of aliphatic imine (C=N–C) groups is 1. The Bertz CT molecular complexity index is 476. The van der Waals surface area contributed by atoms with Crippen molar-refractivity contribution in [3.05, 3.63) is 35.9 Å². The van der Waals surface area contributed by atoms with Gasteiger partial charge in [0.05, 0.1) is 0 Å². The van der Waals surface area contributed by atoms with E-state index in [1.165, 1.54) is 5.56 Å². The molecule has 142 valence electrons. The minimum atomic E-state index is 0. The van der Waals surface area contributed by atoms with Crippen LogP contribution in [0.15, 0.2) is 35.3 Å². The molecular formula is C19H33IN4O. The number of hydrogen-bond acceptors (Lipinski definition) is 3. The molecule has 2 N–H and O–H groups in total. The molecular weight excluding hydrogens is 427 g/mol. The van der Waals surface area contributed by atoms with Crippen LogP contribution in [0.5, 0.6) is 0 Å². The summed E-state index contributed by atoms with van der Waals surface area (Å²) in [4.78, 5) is 7.17. The Kier molecular flexibility index (Phi) is 11.9. The van der Waals surface area contributed by atoms with E-state index in [-0.39, 0.29) is 24.0 Å². The van der Waals surface area contributed by atoms with Crippen LogP contribution >= 0.6 is 24.0 Å². The fourth-order valence-corrected chi connectivity index (χ4v) is 2.99. The summed E-state index contributed by atoms with van der Waals surface area (Å²) in [7, 11) is 1.73. The third kappa shape index (κ3) is 8.87. The summed E-state index contributed by atoms with van der Waals surface area (Å²) in [5, 5.41) is 6.93. The predicted octanol–water partition coefficient (Wildman–Crippen LogP) is 2.86. The van der Waals surface area contributed by atoms with Gasteiger partial charge in [0.25, 0.3) is 0 Å². The van der Waals surface area contributed by atoms with Gasteiger partial charge in [-0.25, -0.2) is 0 Å². The minimum absolute atomic E-state index is 0. The Morgan fingerprint density at radius 2 is 1.96 bits per heavy atom. The van der Waals surface area contributed by atoms with E-state index in [0.29, 0.717) is 6.04 Å². The fourth-order valence-electron chi connectivity index (χ4n) is 2.99. The normalized spacial score (nSPS) is 16.3. The molecule has 2 rings (SSSR count). The van der Waals surface area contributed by atoms with E-state index in [9.17, 15) is 0 Å². The van der Waals surface area contributed by atoms with Crippen molar-refractivity contribution in [1.82, 2.24) is 15.5 Å². The van der Waals surface area contributed by atoms with Crippen molar-refractivity contribution >= 4 is 29.9 Å². The van der Waals surface area contributed by atoms with Gasteiger partial charge in [0, 0.05) is 52.5 Å². The molecule has 0 spiro atoms. The molecule has 25 heavy (non-hydrogen) atoms. The number of benzene rings is 1. The Morgan fingerprint density at radius 3 is 2.60 bits per heavy atom. The number of guanidine groups is 1. The highest BCUT2D eigenvalue weighted by Gasteiger charge is 2.19. The third-order valence-electron chi connectivity index (χ3n) is 4.30. The maximum atomic E-state index is 5.08. The van der Waals surface area contributed by atoms with E-state index in [0.717, 1.165) is 64.6 Å². The number of halogens is 1. The highest BCUT2D eigenvalue weighted by Crippen LogP contribution is 2.13. The van der Waals surface area contributed by atoms with Crippen LogP contribution in [-0.4, -0.2) is 56.8 Å². The summed E-state index contributed by atoms with van der Waals surface area (Å²) in [6.45, 7) is 7.89. The molecule has 1 aromatic carbocycles. The summed E-state index contributed by atoms with van der Waals surface area (Å²) in [5.74, 6) is 0.940. The molecule has 0 aliphatic carbocycles. The summed E-state index contributed by atoms with van der Waals surface area (Å²) >= 11 is 0. The molecule has 1 aliphatic heterocycles. The van der Waals surface area contributed by atoms with Crippen LogP contribution in [0.3, 0.4) is 0 Å². The van der Waals surface area contributed by atoms with Gasteiger partial charge in [-0.3, -0.25) is 9.89 Å². The smallest absolute Gasteiger partial charge is 0.191 e. The molecule has 0 atom stereocenters. The van der Waals surface area contributed by atoms with E-state index in [4.69, 9.17) is 4.74 Å². The highest BCUT2D eigenvalue weighted by molar-refractivity contribution is 14.0. The number of nitrogens with zero attached hydrogens (tertiary/aromatic N) is 2. The molecule has 0 aromatic heterocycles. The van der Waals surface area contributed by atoms with Gasteiger partial charge in [-0.15, -0.1) is 24.0 Å². The van der Waals surface area contributed by atoms with Crippen molar-refractivity contribution in [2.75, 3.05) is 39.9 Å². The third-order valence-corrected chi connectivity index (χ3v) is 4.30. The number of piperidine rings is 1. The van der Waals surface area contributed by atoms with Crippen LogP contribution in [0.25, 0.3) is 0 Å². The molecule has 0 radical (unpaired) electrons. The van der Waals surface area contributed by atoms with Crippen molar-refractivity contribution in [3.8, 4) is 0 Å². The lowest BCUT2D eigenvalue weighted by Crippen LogP contribution is -2.48. The number of hydrogen-bond donors (Lipinski definition) is 2. The second-order valence-electron chi connectivity index (χ2n) is 6.29. The van der Waals surface area contributed by atoms with Crippen LogP contribution in [-0.2, 0) is 11.3 Å². The first kappa shape index (κ1) is 22.2. The van der Waals surface area contributed by atoms with Gasteiger partial charge >= 0.3 is 0 Å². The number of rotatable bonds is 8. The summed E-state index contributed by atoms with van der Waals surface area (Å²) in [6, 6.07) is 11.2. The number of likely N-dealkylation sites (tertiary alicyclic amines) is 1. The number of nitrogens with one attached hydrogen (secondary N) is 2. The van der Waals surface area contributed by atoms with Crippen LogP contribution in [0.2, 0.25) is 0 Å². The quantitative estimate of drug-likeness (QED) is 0.271. The lowest BCUT2D eigenvalue weighted by molar-refractivity contribution is 0.196. The predicted molar refractivity (Wildman–Crippen MR) is 116 cm³/mol. The first-order valence-electron chi connectivity index (χ1n) is 9.12. The van der Waals surface area contributed by atoms with E-state index in [1.54, 1.807) is 7.11 Å². The molecule has 0 unspecified atom stereocenters. The first-order valence-corrected chi connectivity index (χ1v) is 9.12. The Morgan fingerprint density at radius 1 is 1.24 bits per heavy atom. The minimum Gasteiger partial charge on any atom is -0.385 e. The zero-order valence-corrected chi connectivity index (χ0v) is 17.9. The maximum absolute atomic E-state index is 5.08. The van der Waals surface area contributed by atoms with Crippen LogP contribution in [0, 0.1) is 0 Å². The van der Waals surface area contributed by atoms with Gasteiger partial charge in [-0.2, -0.15) is 0 Å². The molecule has 1 aliphatic rings. The fraction of sp³-hybridized carbons (Fsp3) is 0.632. The van der Waals surface area contributed by atoms with Crippen molar-refractivity contribution < 1.29 is 4.74 Å². The zero-order chi connectivity index (χ0) is 17.0. The van der Waals surface area contributed by atoms with Crippen molar-refractivity contribution in [3.63, 3.8) is 0 Å². The Balaban J connectivity index is 0.00000312. The topological polar surface area (TPSA) is 48.9 Å². The van der Waals surface area contributed by atoms with Crippen LogP contribution in [0.4, 0.5) is 0 Å². The number of methoxy groups -OCH3 is 1. The molecule has 0 amide bonds. The van der Waals surface area contributed by atoms with E-state index in [2.05, 4.69) is 57.8 Å². The molecule has 5 nitrogen and oxygen atoms in total. The van der Waals surface area contributed by atoms with Crippen molar-refractivity contribution in [2.24, 2.45) is 4.99 Å². The molecule has 1 heterocycles. The molecule has 1 fully saturated rings. The lowest BCUT2D eigenvalue weighted by Gasteiger charge is -2.33. The van der Waals surface area contributed by atoms with Gasteiger partial charge in [0.15, 0.2) is 5.96 Å². The van der Waals surface area contributed by atoms with Gasteiger partial charge in [-0.05, 0) is 31.7 Å². The SMILES string of the molecule is CCNC(=NCCCOC)NC1CCN(Cc2ccccc2)CC1.I. The molecule has 0 bridgehead atoms. The average Bonchev–Trinajstić information content (AvgIpc) is 2.61. The van der Waals surface area contributed by atoms with Crippen LogP contribution in [0.1, 0.15) is 31.7 Å². The van der Waals surface area contributed by atoms with E-state index < -0.39 is 0 Å². The van der Waals surface area contributed by atoms with Gasteiger partial charge in [-0.1, -0.05) is 30.3 Å². The van der Waals surface area contributed by atoms with Gasteiger partial charge < -0.3 is 15.4 Å². The second-order valence-corrected chi connectivity index (χ2v) is 6.29. The van der Waals surface area contributed by atoms with E-state index in [1.807, 2.05) is 0 Å². The van der Waals surface area contributed by atoms with Gasteiger partial charge in [0.2, 0.25) is 0 Å².